The van der Waals surface area contributed by atoms with Crippen molar-refractivity contribution in [2.45, 2.75) is 31.8 Å². The van der Waals surface area contributed by atoms with Crippen molar-refractivity contribution in [1.29, 1.82) is 0 Å². The lowest BCUT2D eigenvalue weighted by Gasteiger charge is -2.06. The van der Waals surface area contributed by atoms with Crippen molar-refractivity contribution < 1.29 is 0 Å². The van der Waals surface area contributed by atoms with Crippen LogP contribution in [0.4, 0.5) is 0 Å². The zero-order valence-electron chi connectivity index (χ0n) is 9.48. The van der Waals surface area contributed by atoms with Crippen LogP contribution < -0.4 is 16.6 Å². The van der Waals surface area contributed by atoms with E-state index in [-0.39, 0.29) is 11.2 Å². The molecule has 1 saturated carbocycles. The van der Waals surface area contributed by atoms with Gasteiger partial charge >= 0.3 is 5.69 Å². The minimum atomic E-state index is -0.237. The number of aryl methyl sites for hydroxylation is 1. The normalized spacial score (nSPS) is 15.3. The topological polar surface area (TPSA) is 56.0 Å². The summed E-state index contributed by atoms with van der Waals surface area (Å²) >= 11 is 0. The Morgan fingerprint density at radius 1 is 1.44 bits per heavy atom. The Labute approximate surface area is 93.7 Å². The largest absolute Gasteiger partial charge is 0.330 e. The molecule has 1 N–H and O–H groups in total. The highest BCUT2D eigenvalue weighted by atomic mass is 16.2. The van der Waals surface area contributed by atoms with Crippen molar-refractivity contribution in [2.75, 3.05) is 6.54 Å². The van der Waals surface area contributed by atoms with Gasteiger partial charge in [0.15, 0.2) is 0 Å². The quantitative estimate of drug-likeness (QED) is 0.697. The Balaban J connectivity index is 1.94. The maximum atomic E-state index is 11.6. The standard InChI is InChI=1S/C11H17N3O2/c1-13-8-5-10(15)14(11(13)16)7-2-6-12-9-3-4-9/h5,8-9,12H,2-4,6-7H2,1H3. The van der Waals surface area contributed by atoms with Crippen LogP contribution >= 0.6 is 0 Å². The molecule has 88 valence electrons. The van der Waals surface area contributed by atoms with Gasteiger partial charge in [0.1, 0.15) is 0 Å². The predicted molar refractivity (Wildman–Crippen MR) is 61.6 cm³/mol. The van der Waals surface area contributed by atoms with Crippen LogP contribution in [-0.2, 0) is 13.6 Å². The third-order valence-corrected chi connectivity index (χ3v) is 2.81. The summed E-state index contributed by atoms with van der Waals surface area (Å²) in [5, 5.41) is 3.36. The van der Waals surface area contributed by atoms with Crippen molar-refractivity contribution >= 4 is 0 Å². The van der Waals surface area contributed by atoms with Gasteiger partial charge in [-0.3, -0.25) is 9.36 Å². The fraction of sp³-hybridized carbons (Fsp3) is 0.636. The SMILES string of the molecule is Cn1ccc(=O)n(CCCNC2CC2)c1=O. The average Bonchev–Trinajstić information content (AvgIpc) is 3.07. The third kappa shape index (κ3) is 2.61. The summed E-state index contributed by atoms with van der Waals surface area (Å²) in [4.78, 5) is 23.1. The highest BCUT2D eigenvalue weighted by molar-refractivity contribution is 4.85. The number of aromatic nitrogens is 2. The van der Waals surface area contributed by atoms with Gasteiger partial charge in [0.2, 0.25) is 0 Å². The second-order valence-corrected chi connectivity index (χ2v) is 4.28. The molecule has 1 aromatic heterocycles. The minimum Gasteiger partial charge on any atom is -0.314 e. The van der Waals surface area contributed by atoms with E-state index in [0.29, 0.717) is 12.6 Å². The molecule has 0 radical (unpaired) electrons. The Morgan fingerprint density at radius 2 is 2.19 bits per heavy atom. The molecule has 1 aliphatic rings. The lowest BCUT2D eigenvalue weighted by Crippen LogP contribution is -2.38. The molecule has 5 nitrogen and oxygen atoms in total. The second-order valence-electron chi connectivity index (χ2n) is 4.28. The zero-order chi connectivity index (χ0) is 11.5. The van der Waals surface area contributed by atoms with Gasteiger partial charge in [-0.25, -0.2) is 4.79 Å². The van der Waals surface area contributed by atoms with Crippen molar-refractivity contribution in [3.8, 4) is 0 Å². The van der Waals surface area contributed by atoms with Crippen molar-refractivity contribution in [1.82, 2.24) is 14.5 Å². The lowest BCUT2D eigenvalue weighted by atomic mass is 10.4. The highest BCUT2D eigenvalue weighted by Gasteiger charge is 2.19. The molecule has 0 bridgehead atoms. The smallest absolute Gasteiger partial charge is 0.314 e. The van der Waals surface area contributed by atoms with Crippen molar-refractivity contribution in [2.24, 2.45) is 7.05 Å². The summed E-state index contributed by atoms with van der Waals surface area (Å²) < 4.78 is 2.71. The van der Waals surface area contributed by atoms with Gasteiger partial charge in [0.05, 0.1) is 0 Å². The molecular formula is C11H17N3O2. The first-order valence-electron chi connectivity index (χ1n) is 5.68. The first-order chi connectivity index (χ1) is 7.68. The maximum absolute atomic E-state index is 11.6. The number of hydrogen-bond donors (Lipinski definition) is 1. The van der Waals surface area contributed by atoms with Gasteiger partial charge in [0, 0.05) is 31.9 Å². The molecule has 1 aromatic rings. The van der Waals surface area contributed by atoms with Crippen LogP contribution in [0.2, 0.25) is 0 Å². The molecule has 1 fully saturated rings. The van der Waals surface area contributed by atoms with E-state index in [2.05, 4.69) is 5.32 Å². The summed E-state index contributed by atoms with van der Waals surface area (Å²) in [6.45, 7) is 1.36. The Morgan fingerprint density at radius 3 is 2.88 bits per heavy atom. The van der Waals surface area contributed by atoms with E-state index in [1.807, 2.05) is 0 Å². The summed E-state index contributed by atoms with van der Waals surface area (Å²) in [6.07, 6.45) is 4.83. The molecule has 1 heterocycles. The number of hydrogen-bond acceptors (Lipinski definition) is 3. The van der Waals surface area contributed by atoms with E-state index in [4.69, 9.17) is 0 Å². The van der Waals surface area contributed by atoms with Gasteiger partial charge in [0.25, 0.3) is 5.56 Å². The molecule has 0 unspecified atom stereocenters. The predicted octanol–water partition coefficient (Wildman–Crippen LogP) is -0.311. The molecule has 1 aliphatic carbocycles. The number of rotatable bonds is 5. The first-order valence-corrected chi connectivity index (χ1v) is 5.68. The van der Waals surface area contributed by atoms with E-state index in [1.54, 1.807) is 7.05 Å². The van der Waals surface area contributed by atoms with Crippen LogP contribution in [0.15, 0.2) is 21.9 Å². The zero-order valence-corrected chi connectivity index (χ0v) is 9.48. The lowest BCUT2D eigenvalue weighted by molar-refractivity contribution is 0.534. The number of nitrogens with one attached hydrogen (secondary N) is 1. The Kier molecular flexibility index (Phi) is 3.24. The van der Waals surface area contributed by atoms with E-state index < -0.39 is 0 Å². The average molecular weight is 223 g/mol. The molecule has 0 amide bonds. The van der Waals surface area contributed by atoms with Gasteiger partial charge in [-0.05, 0) is 25.8 Å². The fourth-order valence-electron chi connectivity index (χ4n) is 1.65. The molecule has 5 heteroatoms. The van der Waals surface area contributed by atoms with Gasteiger partial charge in [-0.15, -0.1) is 0 Å². The fourth-order valence-corrected chi connectivity index (χ4v) is 1.65. The Hall–Kier alpha value is -1.36. The Bertz CT molecular complexity index is 471. The van der Waals surface area contributed by atoms with E-state index >= 15 is 0 Å². The molecule has 0 spiro atoms. The monoisotopic (exact) mass is 223 g/mol. The van der Waals surface area contributed by atoms with Crippen LogP contribution in [0.5, 0.6) is 0 Å². The van der Waals surface area contributed by atoms with Crippen LogP contribution in [0, 0.1) is 0 Å². The summed E-state index contributed by atoms with van der Waals surface area (Å²) in [6, 6.07) is 2.10. The van der Waals surface area contributed by atoms with Crippen LogP contribution in [-0.4, -0.2) is 21.7 Å². The molecule has 2 rings (SSSR count). The molecular weight excluding hydrogens is 206 g/mol. The van der Waals surface area contributed by atoms with Gasteiger partial charge < -0.3 is 9.88 Å². The second kappa shape index (κ2) is 4.65. The summed E-state index contributed by atoms with van der Waals surface area (Å²) in [5.41, 5.74) is -0.451. The molecule has 16 heavy (non-hydrogen) atoms. The van der Waals surface area contributed by atoms with Crippen LogP contribution in [0.3, 0.4) is 0 Å². The van der Waals surface area contributed by atoms with E-state index in [1.165, 1.54) is 34.2 Å². The first kappa shape index (κ1) is 11.1. The van der Waals surface area contributed by atoms with Crippen LogP contribution in [0.25, 0.3) is 0 Å². The summed E-state index contributed by atoms with van der Waals surface area (Å²) in [5.74, 6) is 0. The van der Waals surface area contributed by atoms with Crippen LogP contribution in [0.1, 0.15) is 19.3 Å². The van der Waals surface area contributed by atoms with Crippen molar-refractivity contribution in [3.63, 3.8) is 0 Å². The molecule has 0 aliphatic heterocycles. The van der Waals surface area contributed by atoms with Gasteiger partial charge in [-0.1, -0.05) is 0 Å². The highest BCUT2D eigenvalue weighted by Crippen LogP contribution is 2.18. The van der Waals surface area contributed by atoms with Crippen molar-refractivity contribution in [3.05, 3.63) is 33.1 Å². The molecule has 0 atom stereocenters. The molecule has 0 saturated heterocycles. The maximum Gasteiger partial charge on any atom is 0.330 e. The van der Waals surface area contributed by atoms with E-state index in [9.17, 15) is 9.59 Å². The third-order valence-electron chi connectivity index (χ3n) is 2.81. The van der Waals surface area contributed by atoms with E-state index in [0.717, 1.165) is 13.0 Å². The number of nitrogens with zero attached hydrogens (tertiary/aromatic N) is 2. The minimum absolute atomic E-state index is 0.213. The molecule has 0 aromatic carbocycles. The van der Waals surface area contributed by atoms with Gasteiger partial charge in [-0.2, -0.15) is 0 Å². The summed E-state index contributed by atoms with van der Waals surface area (Å²) in [7, 11) is 1.65.